The number of hydrogen-bond acceptors (Lipinski definition) is 3. The zero-order chi connectivity index (χ0) is 15.8. The molecule has 1 aliphatic heterocycles. The molecule has 126 valence electrons. The van der Waals surface area contributed by atoms with Gasteiger partial charge in [0.2, 0.25) is 10.0 Å². The molecule has 2 unspecified atom stereocenters. The molecule has 1 N–H and O–H groups in total. The van der Waals surface area contributed by atoms with Crippen LogP contribution in [0.4, 0.5) is 13.2 Å². The van der Waals surface area contributed by atoms with Gasteiger partial charge in [0.05, 0.1) is 10.5 Å². The third-order valence-electron chi connectivity index (χ3n) is 3.76. The van der Waals surface area contributed by atoms with Crippen LogP contribution in [0.3, 0.4) is 0 Å². The fourth-order valence-electron chi connectivity index (χ4n) is 2.32. The fraction of sp³-hybridized carbons (Fsp3) is 0.538. The molecule has 0 aliphatic carbocycles. The van der Waals surface area contributed by atoms with Crippen molar-refractivity contribution >= 4 is 22.4 Å². The zero-order valence-electron chi connectivity index (χ0n) is 12.1. The quantitative estimate of drug-likeness (QED) is 0.883. The Labute approximate surface area is 134 Å². The minimum Gasteiger partial charge on any atom is -0.311 e. The number of rotatable bonds is 2. The van der Waals surface area contributed by atoms with E-state index in [1.54, 1.807) is 6.92 Å². The molecule has 2 rings (SSSR count). The van der Waals surface area contributed by atoms with Gasteiger partial charge < -0.3 is 5.32 Å². The van der Waals surface area contributed by atoms with E-state index < -0.39 is 21.8 Å². The van der Waals surface area contributed by atoms with Crippen molar-refractivity contribution in [3.8, 4) is 0 Å². The summed E-state index contributed by atoms with van der Waals surface area (Å²) in [5.74, 6) is 0. The summed E-state index contributed by atoms with van der Waals surface area (Å²) in [7, 11) is -3.78. The SMILES string of the molecule is CC1NCCN(S(=O)(=O)c2ccc(C(F)(F)F)cc2)C1C.Cl. The first kappa shape index (κ1) is 19.2. The lowest BCUT2D eigenvalue weighted by molar-refractivity contribution is -0.137. The molecule has 1 fully saturated rings. The van der Waals surface area contributed by atoms with Gasteiger partial charge in [-0.2, -0.15) is 17.5 Å². The maximum Gasteiger partial charge on any atom is 0.416 e. The fourth-order valence-corrected chi connectivity index (χ4v) is 4.02. The number of nitrogens with zero attached hydrogens (tertiary/aromatic N) is 1. The summed E-state index contributed by atoms with van der Waals surface area (Å²) < 4.78 is 63.9. The van der Waals surface area contributed by atoms with Crippen LogP contribution in [0.1, 0.15) is 19.4 Å². The highest BCUT2D eigenvalue weighted by atomic mass is 35.5. The van der Waals surface area contributed by atoms with E-state index in [1.165, 1.54) is 4.31 Å². The van der Waals surface area contributed by atoms with E-state index in [9.17, 15) is 21.6 Å². The smallest absolute Gasteiger partial charge is 0.311 e. The van der Waals surface area contributed by atoms with Crippen LogP contribution in [0, 0.1) is 0 Å². The summed E-state index contributed by atoms with van der Waals surface area (Å²) in [6.07, 6.45) is -4.47. The second kappa shape index (κ2) is 6.74. The van der Waals surface area contributed by atoms with Crippen molar-refractivity contribution in [2.24, 2.45) is 0 Å². The second-order valence-electron chi connectivity index (χ2n) is 5.12. The van der Waals surface area contributed by atoms with E-state index >= 15 is 0 Å². The molecule has 1 aliphatic rings. The molecule has 1 aromatic rings. The van der Waals surface area contributed by atoms with Crippen molar-refractivity contribution < 1.29 is 21.6 Å². The van der Waals surface area contributed by atoms with Crippen LogP contribution in [0.25, 0.3) is 0 Å². The van der Waals surface area contributed by atoms with Gasteiger partial charge in [-0.25, -0.2) is 8.42 Å². The van der Waals surface area contributed by atoms with Crippen LogP contribution in [-0.2, 0) is 16.2 Å². The predicted octanol–water partition coefficient (Wildman–Crippen LogP) is 2.50. The highest BCUT2D eigenvalue weighted by Gasteiger charge is 2.35. The Morgan fingerprint density at radius 2 is 1.73 bits per heavy atom. The monoisotopic (exact) mass is 358 g/mol. The lowest BCUT2D eigenvalue weighted by Gasteiger charge is -2.37. The summed E-state index contributed by atoms with van der Waals surface area (Å²) >= 11 is 0. The van der Waals surface area contributed by atoms with Gasteiger partial charge in [-0.3, -0.25) is 0 Å². The molecule has 0 amide bonds. The van der Waals surface area contributed by atoms with Crippen molar-refractivity contribution in [2.75, 3.05) is 13.1 Å². The molecule has 2 atom stereocenters. The molecule has 1 aromatic carbocycles. The van der Waals surface area contributed by atoms with Crippen molar-refractivity contribution in [1.82, 2.24) is 9.62 Å². The predicted molar refractivity (Wildman–Crippen MR) is 79.5 cm³/mol. The van der Waals surface area contributed by atoms with Gasteiger partial charge in [0.15, 0.2) is 0 Å². The van der Waals surface area contributed by atoms with Crippen molar-refractivity contribution in [2.45, 2.75) is 37.0 Å². The van der Waals surface area contributed by atoms with Gasteiger partial charge in [0.1, 0.15) is 0 Å². The molecule has 0 bridgehead atoms. The van der Waals surface area contributed by atoms with Crippen molar-refractivity contribution in [1.29, 1.82) is 0 Å². The number of benzene rings is 1. The standard InChI is InChI=1S/C13H17F3N2O2S.ClH/c1-9-10(2)18(8-7-17-9)21(19,20)12-5-3-11(4-6-12)13(14,15)16;/h3-6,9-10,17H,7-8H2,1-2H3;1H. The van der Waals surface area contributed by atoms with Gasteiger partial charge in [-0.05, 0) is 38.1 Å². The molecule has 22 heavy (non-hydrogen) atoms. The van der Waals surface area contributed by atoms with Gasteiger partial charge in [-0.1, -0.05) is 0 Å². The molecular formula is C13H18ClF3N2O2S. The first-order chi connectivity index (χ1) is 9.64. The lowest BCUT2D eigenvalue weighted by Crippen LogP contribution is -2.57. The molecule has 1 saturated heterocycles. The second-order valence-corrected chi connectivity index (χ2v) is 7.01. The Morgan fingerprint density at radius 3 is 2.23 bits per heavy atom. The number of piperazine rings is 1. The van der Waals surface area contributed by atoms with Crippen LogP contribution in [-0.4, -0.2) is 37.9 Å². The molecule has 0 aromatic heterocycles. The average molecular weight is 359 g/mol. The van der Waals surface area contributed by atoms with Crippen molar-refractivity contribution in [3.05, 3.63) is 29.8 Å². The molecular weight excluding hydrogens is 341 g/mol. The first-order valence-corrected chi connectivity index (χ1v) is 8.00. The van der Waals surface area contributed by atoms with Gasteiger partial charge in [0.25, 0.3) is 0 Å². The minimum atomic E-state index is -4.47. The van der Waals surface area contributed by atoms with Crippen LogP contribution in [0.15, 0.2) is 29.2 Å². The Hall–Kier alpha value is -0.830. The maximum absolute atomic E-state index is 12.5. The Morgan fingerprint density at radius 1 is 1.18 bits per heavy atom. The molecule has 9 heteroatoms. The summed E-state index contributed by atoms with van der Waals surface area (Å²) in [5.41, 5.74) is -0.858. The maximum atomic E-state index is 12.5. The first-order valence-electron chi connectivity index (χ1n) is 6.56. The largest absolute Gasteiger partial charge is 0.416 e. The lowest BCUT2D eigenvalue weighted by atomic mass is 10.1. The van der Waals surface area contributed by atoms with E-state index in [2.05, 4.69) is 5.32 Å². The average Bonchev–Trinajstić information content (AvgIpc) is 2.41. The third-order valence-corrected chi connectivity index (χ3v) is 5.77. The van der Waals surface area contributed by atoms with Gasteiger partial charge >= 0.3 is 6.18 Å². The van der Waals surface area contributed by atoms with Gasteiger partial charge in [-0.15, -0.1) is 12.4 Å². The normalized spacial score (nSPS) is 23.9. The molecule has 0 saturated carbocycles. The van der Waals surface area contributed by atoms with Crippen molar-refractivity contribution in [3.63, 3.8) is 0 Å². The zero-order valence-corrected chi connectivity index (χ0v) is 13.7. The van der Waals surface area contributed by atoms with E-state index in [0.29, 0.717) is 13.1 Å². The summed E-state index contributed by atoms with van der Waals surface area (Å²) in [6, 6.07) is 3.34. The van der Waals surface area contributed by atoms with Gasteiger partial charge in [0, 0.05) is 25.2 Å². The topological polar surface area (TPSA) is 49.4 Å². The Kier molecular flexibility index (Phi) is 5.88. The van der Waals surface area contributed by atoms with E-state index in [1.807, 2.05) is 6.92 Å². The summed E-state index contributed by atoms with van der Waals surface area (Å²) in [4.78, 5) is -0.114. The number of alkyl halides is 3. The van der Waals surface area contributed by atoms with E-state index in [-0.39, 0.29) is 29.4 Å². The molecule has 4 nitrogen and oxygen atoms in total. The van der Waals surface area contributed by atoms with Crippen LogP contribution in [0.2, 0.25) is 0 Å². The number of hydrogen-bond donors (Lipinski definition) is 1. The highest BCUT2D eigenvalue weighted by molar-refractivity contribution is 7.89. The minimum absolute atomic E-state index is 0. The highest BCUT2D eigenvalue weighted by Crippen LogP contribution is 2.30. The molecule has 0 spiro atoms. The Bertz CT molecular complexity index is 605. The van der Waals surface area contributed by atoms with E-state index in [4.69, 9.17) is 0 Å². The Balaban J connectivity index is 0.00000242. The summed E-state index contributed by atoms with van der Waals surface area (Å²) in [6.45, 7) is 4.47. The third kappa shape index (κ3) is 3.73. The van der Waals surface area contributed by atoms with E-state index in [0.717, 1.165) is 24.3 Å². The number of sulfonamides is 1. The number of halogens is 4. The molecule has 0 radical (unpaired) electrons. The van der Waals surface area contributed by atoms with Crippen LogP contribution >= 0.6 is 12.4 Å². The van der Waals surface area contributed by atoms with Crippen LogP contribution < -0.4 is 5.32 Å². The number of nitrogens with one attached hydrogen (secondary N) is 1. The summed E-state index contributed by atoms with van der Waals surface area (Å²) in [5, 5.41) is 3.16. The molecule has 1 heterocycles. The van der Waals surface area contributed by atoms with Crippen LogP contribution in [0.5, 0.6) is 0 Å².